The molecule has 0 bridgehead atoms. The van der Waals surface area contributed by atoms with Gasteiger partial charge in [0, 0.05) is 30.5 Å². The van der Waals surface area contributed by atoms with Gasteiger partial charge in [-0.25, -0.2) is 9.97 Å². The Bertz CT molecular complexity index is 1590. The molecule has 7 rings (SSSR count). The van der Waals surface area contributed by atoms with E-state index in [1.54, 1.807) is 6.20 Å². The molecule has 1 amide bonds. The summed E-state index contributed by atoms with van der Waals surface area (Å²) in [7, 11) is 0. The molecule has 2 aliphatic heterocycles. The Morgan fingerprint density at radius 2 is 1.79 bits per heavy atom. The summed E-state index contributed by atoms with van der Waals surface area (Å²) < 4.78 is 1.90. The molecular weight excluding hydrogens is 510 g/mol. The molecule has 39 heavy (non-hydrogen) atoms. The summed E-state index contributed by atoms with van der Waals surface area (Å²) >= 11 is 6.68. The Morgan fingerprint density at radius 3 is 2.56 bits per heavy atom. The van der Waals surface area contributed by atoms with Crippen LogP contribution in [0.15, 0.2) is 54.7 Å². The molecule has 2 saturated heterocycles. The van der Waals surface area contributed by atoms with Crippen LogP contribution in [0.1, 0.15) is 79.8 Å². The van der Waals surface area contributed by atoms with Gasteiger partial charge in [-0.1, -0.05) is 60.1 Å². The van der Waals surface area contributed by atoms with Crippen LogP contribution < -0.4 is 5.73 Å². The largest absolute Gasteiger partial charge is 0.382 e. The third kappa shape index (κ3) is 4.10. The molecule has 1 saturated carbocycles. The van der Waals surface area contributed by atoms with Crippen LogP contribution in [0.5, 0.6) is 0 Å². The first-order valence-electron chi connectivity index (χ1n) is 13.9. The van der Waals surface area contributed by atoms with Crippen molar-refractivity contribution in [2.75, 3.05) is 12.3 Å². The van der Waals surface area contributed by atoms with E-state index in [0.717, 1.165) is 41.8 Å². The second-order valence-electron chi connectivity index (χ2n) is 11.5. The fourth-order valence-electron chi connectivity index (χ4n) is 6.52. The number of nitrogens with zero attached hydrogens (tertiary/aromatic N) is 4. The fraction of sp³-hybridized carbons (Fsp3) is 0.387. The van der Waals surface area contributed by atoms with Crippen LogP contribution in [0.25, 0.3) is 16.8 Å². The molecule has 4 heterocycles. The minimum absolute atomic E-state index is 0.0580. The maximum atomic E-state index is 12.5. The van der Waals surface area contributed by atoms with E-state index in [0.29, 0.717) is 47.1 Å². The number of hydrogen-bond donors (Lipinski definition) is 2. The number of rotatable bonds is 5. The minimum Gasteiger partial charge on any atom is -0.382 e. The number of aliphatic hydroxyl groups is 1. The first-order valence-corrected chi connectivity index (χ1v) is 14.2. The highest BCUT2D eigenvalue weighted by Gasteiger charge is 2.38. The van der Waals surface area contributed by atoms with Crippen LogP contribution in [0.2, 0.25) is 5.15 Å². The summed E-state index contributed by atoms with van der Waals surface area (Å²) in [5.41, 5.74) is 10.5. The van der Waals surface area contributed by atoms with Gasteiger partial charge in [-0.15, -0.1) is 0 Å². The summed E-state index contributed by atoms with van der Waals surface area (Å²) in [5.74, 6) is 2.07. The van der Waals surface area contributed by atoms with Gasteiger partial charge in [-0.2, -0.15) is 0 Å². The number of nitrogens with two attached hydrogens (primary N) is 1. The number of carbonyl (C=O) groups is 1. The Kier molecular flexibility index (Phi) is 5.72. The molecule has 8 heteroatoms. The molecule has 3 atom stereocenters. The van der Waals surface area contributed by atoms with Crippen LogP contribution in [0.3, 0.4) is 0 Å². The maximum absolute atomic E-state index is 12.5. The predicted octanol–water partition coefficient (Wildman–Crippen LogP) is 5.63. The molecule has 0 spiro atoms. The number of hydrogen-bond acceptors (Lipinski definition) is 5. The lowest BCUT2D eigenvalue weighted by atomic mass is 9.86. The lowest BCUT2D eigenvalue weighted by Gasteiger charge is -2.34. The second kappa shape index (κ2) is 9.07. The molecule has 2 aromatic heterocycles. The molecule has 4 aromatic rings. The number of benzene rings is 2. The third-order valence-corrected chi connectivity index (χ3v) is 9.24. The van der Waals surface area contributed by atoms with Crippen molar-refractivity contribution >= 4 is 28.8 Å². The predicted molar refractivity (Wildman–Crippen MR) is 152 cm³/mol. The van der Waals surface area contributed by atoms with Gasteiger partial charge in [0.2, 0.25) is 5.91 Å². The van der Waals surface area contributed by atoms with Crippen molar-refractivity contribution in [2.24, 2.45) is 0 Å². The van der Waals surface area contributed by atoms with Crippen LogP contribution >= 0.6 is 11.6 Å². The number of fused-ring (bicyclic) bond motifs is 2. The number of piperidine rings is 1. The summed E-state index contributed by atoms with van der Waals surface area (Å²) in [6, 6.07) is 16.5. The Balaban J connectivity index is 1.26. The number of nitrogen functional groups attached to an aromatic ring is 1. The van der Waals surface area contributed by atoms with Gasteiger partial charge in [0.25, 0.3) is 0 Å². The van der Waals surface area contributed by atoms with Crippen LogP contribution in [0.4, 0.5) is 5.82 Å². The first-order chi connectivity index (χ1) is 18.8. The standard InChI is InChI=1S/C31H32ClN5O2/c1-31(39,23-4-2-3-20(15-23)18-5-6-18)22-10-7-19(8-11-22)27-28-29(33)34-16-25(32)37(28)30(35-27)21-9-12-24-13-14-26(38)36(24)17-21/h2-4,7-8,10-11,15-16,18,21,24,39H,5-6,9,12-14,17H2,1H3,(H2,33,34)/t21-,24+,31-/m1/s1. The summed E-state index contributed by atoms with van der Waals surface area (Å²) in [6.07, 6.45) is 7.47. The Labute approximate surface area is 232 Å². The van der Waals surface area contributed by atoms with Crippen molar-refractivity contribution in [3.05, 3.63) is 82.4 Å². The van der Waals surface area contributed by atoms with Crippen LogP contribution in [-0.2, 0) is 10.4 Å². The topological polar surface area (TPSA) is 96.8 Å². The van der Waals surface area contributed by atoms with Crippen LogP contribution in [0, 0.1) is 0 Å². The van der Waals surface area contributed by atoms with Gasteiger partial charge < -0.3 is 15.7 Å². The van der Waals surface area contributed by atoms with E-state index >= 15 is 0 Å². The molecule has 2 aromatic carbocycles. The number of halogens is 1. The van der Waals surface area contributed by atoms with E-state index in [1.807, 2.05) is 52.6 Å². The van der Waals surface area contributed by atoms with E-state index in [4.69, 9.17) is 22.3 Å². The number of anilines is 1. The lowest BCUT2D eigenvalue weighted by molar-refractivity contribution is -0.130. The van der Waals surface area contributed by atoms with Gasteiger partial charge >= 0.3 is 0 Å². The van der Waals surface area contributed by atoms with E-state index in [1.165, 1.54) is 18.4 Å². The number of aromatic nitrogens is 3. The van der Waals surface area contributed by atoms with Crippen LogP contribution in [-0.4, -0.2) is 42.9 Å². The second-order valence-corrected chi connectivity index (χ2v) is 11.9. The number of carbonyl (C=O) groups excluding carboxylic acids is 1. The molecule has 3 N–H and O–H groups in total. The van der Waals surface area contributed by atoms with Gasteiger partial charge in [-0.05, 0) is 61.6 Å². The summed E-state index contributed by atoms with van der Waals surface area (Å²) in [6.45, 7) is 2.48. The zero-order valence-electron chi connectivity index (χ0n) is 22.0. The SMILES string of the molecule is C[C@@](O)(c1ccc(-c2nc([C@@H]3CC[C@H]4CCC(=O)N4C3)n3c(Cl)cnc(N)c23)cc1)c1cccc(C2CC2)c1. The van der Waals surface area contributed by atoms with Crippen molar-refractivity contribution in [3.8, 4) is 11.3 Å². The molecule has 3 fully saturated rings. The van der Waals surface area contributed by atoms with Gasteiger partial charge in [-0.3, -0.25) is 9.20 Å². The first kappa shape index (κ1) is 24.6. The molecule has 1 aliphatic carbocycles. The highest BCUT2D eigenvalue weighted by Crippen LogP contribution is 2.42. The van der Waals surface area contributed by atoms with Crippen molar-refractivity contribution in [2.45, 2.75) is 68.9 Å². The number of amides is 1. The monoisotopic (exact) mass is 541 g/mol. The van der Waals surface area contributed by atoms with Crippen molar-refractivity contribution in [1.29, 1.82) is 0 Å². The number of imidazole rings is 1. The van der Waals surface area contributed by atoms with E-state index in [2.05, 4.69) is 17.1 Å². The van der Waals surface area contributed by atoms with E-state index < -0.39 is 5.60 Å². The Morgan fingerprint density at radius 1 is 1.03 bits per heavy atom. The van der Waals surface area contributed by atoms with Gasteiger partial charge in [0.15, 0.2) is 0 Å². The average molecular weight is 542 g/mol. The molecule has 200 valence electrons. The average Bonchev–Trinajstić information content (AvgIpc) is 3.63. The highest BCUT2D eigenvalue weighted by molar-refractivity contribution is 6.30. The molecule has 0 unspecified atom stereocenters. The van der Waals surface area contributed by atoms with E-state index in [-0.39, 0.29) is 11.8 Å². The summed E-state index contributed by atoms with van der Waals surface area (Å²) in [5, 5.41) is 12.0. The van der Waals surface area contributed by atoms with E-state index in [9.17, 15) is 9.90 Å². The third-order valence-electron chi connectivity index (χ3n) is 8.97. The minimum atomic E-state index is -1.13. The van der Waals surface area contributed by atoms with Crippen molar-refractivity contribution < 1.29 is 9.90 Å². The van der Waals surface area contributed by atoms with Crippen molar-refractivity contribution in [1.82, 2.24) is 19.3 Å². The Hall–Kier alpha value is -3.42. The smallest absolute Gasteiger partial charge is 0.222 e. The quantitative estimate of drug-likeness (QED) is 0.341. The normalized spacial score (nSPS) is 22.7. The van der Waals surface area contributed by atoms with Gasteiger partial charge in [0.05, 0.1) is 6.20 Å². The lowest BCUT2D eigenvalue weighted by Crippen LogP contribution is -2.41. The molecular formula is C31H32ClN5O2. The fourth-order valence-corrected chi connectivity index (χ4v) is 6.74. The van der Waals surface area contributed by atoms with Crippen molar-refractivity contribution in [3.63, 3.8) is 0 Å². The van der Waals surface area contributed by atoms with Gasteiger partial charge in [0.1, 0.15) is 33.6 Å². The molecule has 3 aliphatic rings. The maximum Gasteiger partial charge on any atom is 0.222 e. The highest BCUT2D eigenvalue weighted by atomic mass is 35.5. The zero-order chi connectivity index (χ0) is 26.9. The summed E-state index contributed by atoms with van der Waals surface area (Å²) in [4.78, 5) is 23.9. The molecule has 7 nitrogen and oxygen atoms in total. The zero-order valence-corrected chi connectivity index (χ0v) is 22.7. The molecule has 0 radical (unpaired) electrons.